The number of rotatable bonds is 3. The lowest BCUT2D eigenvalue weighted by atomic mass is 10.1. The largest absolute Gasteiger partial charge is 0.471 e. The van der Waals surface area contributed by atoms with Gasteiger partial charge < -0.3 is 4.52 Å². The maximum atomic E-state index is 12.5. The van der Waals surface area contributed by atoms with E-state index in [0.29, 0.717) is 22.5 Å². The number of benzene rings is 1. The Kier molecular flexibility index (Phi) is 3.88. The summed E-state index contributed by atoms with van der Waals surface area (Å²) in [5.74, 6) is -1.90. The number of hydrogen-bond donors (Lipinski definition) is 0. The van der Waals surface area contributed by atoms with Crippen LogP contribution in [0.5, 0.6) is 0 Å². The summed E-state index contributed by atoms with van der Waals surface area (Å²) in [7, 11) is 0. The van der Waals surface area contributed by atoms with Crippen molar-refractivity contribution >= 4 is 5.78 Å². The molecular formula is C16H10F3N3O2. The number of halogens is 3. The van der Waals surface area contributed by atoms with Crippen LogP contribution in [0.2, 0.25) is 0 Å². The van der Waals surface area contributed by atoms with Gasteiger partial charge in [-0.1, -0.05) is 35.5 Å². The van der Waals surface area contributed by atoms with E-state index in [0.717, 1.165) is 0 Å². The molecule has 0 aliphatic rings. The van der Waals surface area contributed by atoms with Crippen LogP contribution in [0, 0.1) is 6.92 Å². The van der Waals surface area contributed by atoms with Crippen LogP contribution >= 0.6 is 0 Å². The van der Waals surface area contributed by atoms with Crippen LogP contribution in [0.4, 0.5) is 13.2 Å². The van der Waals surface area contributed by atoms with Crippen molar-refractivity contribution in [3.63, 3.8) is 0 Å². The van der Waals surface area contributed by atoms with E-state index in [9.17, 15) is 18.0 Å². The second kappa shape index (κ2) is 5.88. The molecule has 0 saturated heterocycles. The van der Waals surface area contributed by atoms with Gasteiger partial charge in [-0.05, 0) is 19.1 Å². The number of aromatic nitrogens is 3. The zero-order valence-electron chi connectivity index (χ0n) is 12.3. The number of carbonyl (C=O) groups is 1. The minimum Gasteiger partial charge on any atom is -0.329 e. The van der Waals surface area contributed by atoms with E-state index in [2.05, 4.69) is 19.6 Å². The standard InChI is InChI=1S/C16H10F3N3O2/c1-9-3-2-4-12(20-9)13(23)10-5-7-11(8-6-10)14-21-15(24-22-14)16(17,18)19/h2-8H,1H3. The molecule has 3 rings (SSSR count). The first-order valence-electron chi connectivity index (χ1n) is 6.84. The van der Waals surface area contributed by atoms with Gasteiger partial charge >= 0.3 is 12.1 Å². The van der Waals surface area contributed by atoms with E-state index in [1.54, 1.807) is 25.1 Å². The molecule has 0 bridgehead atoms. The van der Waals surface area contributed by atoms with Gasteiger partial charge in [0, 0.05) is 16.8 Å². The van der Waals surface area contributed by atoms with Crippen LogP contribution in [-0.4, -0.2) is 20.9 Å². The van der Waals surface area contributed by atoms with Crippen molar-refractivity contribution in [2.24, 2.45) is 0 Å². The number of alkyl halides is 3. The predicted molar refractivity (Wildman–Crippen MR) is 77.1 cm³/mol. The van der Waals surface area contributed by atoms with Crippen LogP contribution in [0.3, 0.4) is 0 Å². The molecule has 0 N–H and O–H groups in total. The summed E-state index contributed by atoms with van der Waals surface area (Å²) in [6.07, 6.45) is -4.70. The average Bonchev–Trinajstić information content (AvgIpc) is 3.04. The van der Waals surface area contributed by atoms with Gasteiger partial charge in [0.15, 0.2) is 0 Å². The fourth-order valence-corrected chi connectivity index (χ4v) is 2.04. The van der Waals surface area contributed by atoms with Gasteiger partial charge in [0.05, 0.1) is 0 Å². The van der Waals surface area contributed by atoms with Gasteiger partial charge in [-0.3, -0.25) is 4.79 Å². The molecule has 0 aliphatic heterocycles. The number of hydrogen-bond acceptors (Lipinski definition) is 5. The third-order valence-electron chi connectivity index (χ3n) is 3.19. The van der Waals surface area contributed by atoms with Gasteiger partial charge in [0.2, 0.25) is 11.6 Å². The van der Waals surface area contributed by atoms with E-state index >= 15 is 0 Å². The summed E-state index contributed by atoms with van der Waals surface area (Å²) in [6, 6.07) is 11.0. The van der Waals surface area contributed by atoms with E-state index in [-0.39, 0.29) is 11.6 Å². The third-order valence-corrected chi connectivity index (χ3v) is 3.19. The Hall–Kier alpha value is -3.03. The predicted octanol–water partition coefficient (Wildman–Crippen LogP) is 3.69. The highest BCUT2D eigenvalue weighted by atomic mass is 19.4. The van der Waals surface area contributed by atoms with Crippen LogP contribution in [-0.2, 0) is 6.18 Å². The maximum Gasteiger partial charge on any atom is 0.471 e. The molecular weight excluding hydrogens is 323 g/mol. The van der Waals surface area contributed by atoms with E-state index < -0.39 is 12.1 Å². The molecule has 0 amide bonds. The number of pyridine rings is 1. The summed E-state index contributed by atoms with van der Waals surface area (Å²) in [4.78, 5) is 19.8. The molecule has 0 atom stereocenters. The second-order valence-corrected chi connectivity index (χ2v) is 4.99. The molecule has 0 saturated carbocycles. The van der Waals surface area contributed by atoms with Gasteiger partial charge in [0.1, 0.15) is 5.69 Å². The molecule has 3 aromatic rings. The van der Waals surface area contributed by atoms with Crippen molar-refractivity contribution in [2.75, 3.05) is 0 Å². The monoisotopic (exact) mass is 333 g/mol. The van der Waals surface area contributed by atoms with Gasteiger partial charge in [-0.25, -0.2) is 4.98 Å². The van der Waals surface area contributed by atoms with E-state index in [1.165, 1.54) is 24.3 Å². The first-order chi connectivity index (χ1) is 11.3. The van der Waals surface area contributed by atoms with Gasteiger partial charge in [-0.2, -0.15) is 18.2 Å². The lowest BCUT2D eigenvalue weighted by Crippen LogP contribution is -2.05. The molecule has 0 spiro atoms. The van der Waals surface area contributed by atoms with Gasteiger partial charge in [-0.15, -0.1) is 0 Å². The summed E-state index contributed by atoms with van der Waals surface area (Å²) >= 11 is 0. The molecule has 122 valence electrons. The molecule has 0 radical (unpaired) electrons. The summed E-state index contributed by atoms with van der Waals surface area (Å²) in [6.45, 7) is 1.77. The minimum atomic E-state index is -4.70. The van der Waals surface area contributed by atoms with Crippen molar-refractivity contribution < 1.29 is 22.5 Å². The number of nitrogens with zero attached hydrogens (tertiary/aromatic N) is 3. The van der Waals surface area contributed by atoms with Crippen molar-refractivity contribution in [2.45, 2.75) is 13.1 Å². The van der Waals surface area contributed by atoms with Crippen LogP contribution in [0.1, 0.15) is 27.6 Å². The Morgan fingerprint density at radius 3 is 2.33 bits per heavy atom. The molecule has 2 aromatic heterocycles. The normalized spacial score (nSPS) is 11.5. The zero-order chi connectivity index (χ0) is 17.3. The highest BCUT2D eigenvalue weighted by Crippen LogP contribution is 2.29. The van der Waals surface area contributed by atoms with Crippen molar-refractivity contribution in [3.05, 3.63) is 65.3 Å². The second-order valence-electron chi connectivity index (χ2n) is 4.99. The Morgan fingerprint density at radius 1 is 1.04 bits per heavy atom. The fourth-order valence-electron chi connectivity index (χ4n) is 2.04. The van der Waals surface area contributed by atoms with E-state index in [1.807, 2.05) is 0 Å². The lowest BCUT2D eigenvalue weighted by molar-refractivity contribution is -0.159. The molecule has 8 heteroatoms. The highest BCUT2D eigenvalue weighted by Gasteiger charge is 2.38. The summed E-state index contributed by atoms with van der Waals surface area (Å²) in [5.41, 5.74) is 1.67. The Morgan fingerprint density at radius 2 is 1.75 bits per heavy atom. The topological polar surface area (TPSA) is 68.9 Å². The number of aryl methyl sites for hydroxylation is 1. The van der Waals surface area contributed by atoms with E-state index in [4.69, 9.17) is 0 Å². The fraction of sp³-hybridized carbons (Fsp3) is 0.125. The van der Waals surface area contributed by atoms with Gasteiger partial charge in [0.25, 0.3) is 0 Å². The van der Waals surface area contributed by atoms with Crippen molar-refractivity contribution in [1.82, 2.24) is 15.1 Å². The first-order valence-corrected chi connectivity index (χ1v) is 6.84. The number of carbonyl (C=O) groups excluding carboxylic acids is 1. The molecule has 1 aromatic carbocycles. The Bertz CT molecular complexity index is 886. The minimum absolute atomic E-state index is 0.199. The molecule has 5 nitrogen and oxygen atoms in total. The molecule has 0 fully saturated rings. The van der Waals surface area contributed by atoms with Crippen LogP contribution in [0.25, 0.3) is 11.4 Å². The maximum absolute atomic E-state index is 12.5. The average molecular weight is 333 g/mol. The summed E-state index contributed by atoms with van der Waals surface area (Å²) < 4.78 is 41.6. The quantitative estimate of drug-likeness (QED) is 0.684. The molecule has 0 aliphatic carbocycles. The van der Waals surface area contributed by atoms with Crippen LogP contribution in [0.15, 0.2) is 47.0 Å². The Labute approximate surface area is 134 Å². The molecule has 2 heterocycles. The zero-order valence-corrected chi connectivity index (χ0v) is 12.3. The third kappa shape index (κ3) is 3.17. The molecule has 24 heavy (non-hydrogen) atoms. The van der Waals surface area contributed by atoms with Crippen LogP contribution < -0.4 is 0 Å². The lowest BCUT2D eigenvalue weighted by Gasteiger charge is -2.02. The van der Waals surface area contributed by atoms with Crippen molar-refractivity contribution in [1.29, 1.82) is 0 Å². The smallest absolute Gasteiger partial charge is 0.329 e. The van der Waals surface area contributed by atoms with Crippen molar-refractivity contribution in [3.8, 4) is 11.4 Å². The molecule has 0 unspecified atom stereocenters. The first kappa shape index (κ1) is 15.9. The highest BCUT2D eigenvalue weighted by molar-refractivity contribution is 6.07. The number of ketones is 1. The SMILES string of the molecule is Cc1cccc(C(=O)c2ccc(-c3noc(C(F)(F)F)n3)cc2)n1. The Balaban J connectivity index is 1.85. The summed E-state index contributed by atoms with van der Waals surface area (Å²) in [5, 5.41) is 3.29.